The van der Waals surface area contributed by atoms with Crippen LogP contribution in [-0.4, -0.2) is 23.7 Å². The summed E-state index contributed by atoms with van der Waals surface area (Å²) >= 11 is 0. The van der Waals surface area contributed by atoms with E-state index >= 15 is 0 Å². The SMILES string of the molecule is CC1OCCC1Nc1ccnc(C(F)(F)F)c1. The van der Waals surface area contributed by atoms with Crippen LogP contribution in [0.2, 0.25) is 0 Å². The van der Waals surface area contributed by atoms with Crippen LogP contribution >= 0.6 is 0 Å². The zero-order chi connectivity index (χ0) is 12.5. The van der Waals surface area contributed by atoms with Gasteiger partial charge in [-0.15, -0.1) is 0 Å². The molecule has 17 heavy (non-hydrogen) atoms. The average molecular weight is 246 g/mol. The van der Waals surface area contributed by atoms with Gasteiger partial charge >= 0.3 is 6.18 Å². The van der Waals surface area contributed by atoms with Crippen LogP contribution in [0, 0.1) is 0 Å². The topological polar surface area (TPSA) is 34.1 Å². The molecule has 94 valence electrons. The Morgan fingerprint density at radius 2 is 2.24 bits per heavy atom. The molecular weight excluding hydrogens is 233 g/mol. The Labute approximate surface area is 97.0 Å². The Morgan fingerprint density at radius 1 is 1.47 bits per heavy atom. The highest BCUT2D eigenvalue weighted by atomic mass is 19.4. The Balaban J connectivity index is 2.11. The second-order valence-corrected chi connectivity index (χ2v) is 4.04. The fourth-order valence-electron chi connectivity index (χ4n) is 1.81. The number of rotatable bonds is 2. The molecule has 2 unspecified atom stereocenters. The lowest BCUT2D eigenvalue weighted by molar-refractivity contribution is -0.141. The van der Waals surface area contributed by atoms with Gasteiger partial charge in [0.1, 0.15) is 5.69 Å². The summed E-state index contributed by atoms with van der Waals surface area (Å²) in [6, 6.07) is 2.60. The number of pyridine rings is 1. The number of aromatic nitrogens is 1. The maximum atomic E-state index is 12.4. The second kappa shape index (κ2) is 4.52. The first-order valence-corrected chi connectivity index (χ1v) is 5.38. The highest BCUT2D eigenvalue weighted by Gasteiger charge is 2.33. The maximum Gasteiger partial charge on any atom is 0.433 e. The van der Waals surface area contributed by atoms with Crippen LogP contribution in [-0.2, 0) is 10.9 Å². The predicted octanol–water partition coefficient (Wildman–Crippen LogP) is 2.69. The van der Waals surface area contributed by atoms with Gasteiger partial charge in [0.05, 0.1) is 12.1 Å². The van der Waals surface area contributed by atoms with Gasteiger partial charge in [-0.2, -0.15) is 13.2 Å². The van der Waals surface area contributed by atoms with E-state index in [1.165, 1.54) is 6.07 Å². The van der Waals surface area contributed by atoms with Gasteiger partial charge in [-0.3, -0.25) is 4.98 Å². The van der Waals surface area contributed by atoms with Crippen LogP contribution in [0.4, 0.5) is 18.9 Å². The van der Waals surface area contributed by atoms with Gasteiger partial charge in [0.15, 0.2) is 0 Å². The first-order valence-electron chi connectivity index (χ1n) is 5.38. The Kier molecular flexibility index (Phi) is 3.24. The standard InChI is InChI=1S/C11H13F3N2O/c1-7-9(3-5-17-7)16-8-2-4-15-10(6-8)11(12,13)14/h2,4,6-7,9H,3,5H2,1H3,(H,15,16). The van der Waals surface area contributed by atoms with Crippen molar-refractivity contribution in [3.8, 4) is 0 Å². The molecule has 0 aliphatic carbocycles. The van der Waals surface area contributed by atoms with Crippen molar-refractivity contribution in [3.05, 3.63) is 24.0 Å². The summed E-state index contributed by atoms with van der Waals surface area (Å²) in [5.74, 6) is 0. The normalized spacial score (nSPS) is 24.9. The van der Waals surface area contributed by atoms with Crippen molar-refractivity contribution in [2.75, 3.05) is 11.9 Å². The zero-order valence-electron chi connectivity index (χ0n) is 9.29. The van der Waals surface area contributed by atoms with Crippen LogP contribution in [0.1, 0.15) is 19.0 Å². The molecule has 0 saturated carbocycles. The average Bonchev–Trinajstić information content (AvgIpc) is 2.64. The van der Waals surface area contributed by atoms with E-state index in [1.807, 2.05) is 6.92 Å². The van der Waals surface area contributed by atoms with Gasteiger partial charge in [0.2, 0.25) is 0 Å². The number of anilines is 1. The summed E-state index contributed by atoms with van der Waals surface area (Å²) in [7, 11) is 0. The minimum Gasteiger partial charge on any atom is -0.380 e. The molecule has 1 aromatic heterocycles. The number of alkyl halides is 3. The Bertz CT molecular complexity index is 395. The van der Waals surface area contributed by atoms with E-state index in [2.05, 4.69) is 10.3 Å². The molecule has 0 amide bonds. The van der Waals surface area contributed by atoms with Gasteiger partial charge in [-0.05, 0) is 25.5 Å². The molecule has 2 atom stereocenters. The van der Waals surface area contributed by atoms with Crippen molar-refractivity contribution in [3.63, 3.8) is 0 Å². The molecule has 2 rings (SSSR count). The van der Waals surface area contributed by atoms with Crippen molar-refractivity contribution in [1.29, 1.82) is 0 Å². The molecule has 1 saturated heterocycles. The first-order chi connectivity index (χ1) is 7.97. The highest BCUT2D eigenvalue weighted by molar-refractivity contribution is 5.45. The van der Waals surface area contributed by atoms with Crippen LogP contribution in [0.5, 0.6) is 0 Å². The first kappa shape index (κ1) is 12.2. The summed E-state index contributed by atoms with van der Waals surface area (Å²) in [6.45, 7) is 2.53. The van der Waals surface area contributed by atoms with Gasteiger partial charge in [0.25, 0.3) is 0 Å². The number of ether oxygens (including phenoxy) is 1. The third-order valence-electron chi connectivity index (χ3n) is 2.78. The van der Waals surface area contributed by atoms with E-state index in [4.69, 9.17) is 4.74 Å². The lowest BCUT2D eigenvalue weighted by Crippen LogP contribution is -2.26. The molecule has 0 radical (unpaired) electrons. The molecule has 0 aromatic carbocycles. The predicted molar refractivity (Wildman–Crippen MR) is 56.7 cm³/mol. The smallest absolute Gasteiger partial charge is 0.380 e. The number of hydrogen-bond acceptors (Lipinski definition) is 3. The van der Waals surface area contributed by atoms with E-state index in [-0.39, 0.29) is 12.1 Å². The fourth-order valence-corrected chi connectivity index (χ4v) is 1.81. The Hall–Kier alpha value is -1.30. The van der Waals surface area contributed by atoms with E-state index in [0.29, 0.717) is 12.3 Å². The number of nitrogens with one attached hydrogen (secondary N) is 1. The van der Waals surface area contributed by atoms with Crippen molar-refractivity contribution >= 4 is 5.69 Å². The minimum absolute atomic E-state index is 0.0116. The molecule has 0 spiro atoms. The fraction of sp³-hybridized carbons (Fsp3) is 0.545. The van der Waals surface area contributed by atoms with Crippen molar-refractivity contribution in [1.82, 2.24) is 4.98 Å². The molecule has 3 nitrogen and oxygen atoms in total. The lowest BCUT2D eigenvalue weighted by Gasteiger charge is -2.18. The van der Waals surface area contributed by atoms with Crippen LogP contribution < -0.4 is 5.32 Å². The van der Waals surface area contributed by atoms with E-state index in [0.717, 1.165) is 18.7 Å². The monoisotopic (exact) mass is 246 g/mol. The largest absolute Gasteiger partial charge is 0.433 e. The van der Waals surface area contributed by atoms with Gasteiger partial charge < -0.3 is 10.1 Å². The summed E-state index contributed by atoms with van der Waals surface area (Å²) in [5, 5.41) is 3.04. The van der Waals surface area contributed by atoms with Crippen molar-refractivity contribution in [2.45, 2.75) is 31.7 Å². The van der Waals surface area contributed by atoms with Crippen molar-refractivity contribution < 1.29 is 17.9 Å². The summed E-state index contributed by atoms with van der Waals surface area (Å²) < 4.78 is 42.7. The van der Waals surface area contributed by atoms with E-state index in [9.17, 15) is 13.2 Å². The quantitative estimate of drug-likeness (QED) is 0.871. The highest BCUT2D eigenvalue weighted by Crippen LogP contribution is 2.29. The molecule has 1 aromatic rings. The molecule has 1 aliphatic rings. The summed E-state index contributed by atoms with van der Waals surface area (Å²) in [4.78, 5) is 3.31. The van der Waals surface area contributed by atoms with Gasteiger partial charge in [0, 0.05) is 18.5 Å². The third kappa shape index (κ3) is 2.88. The van der Waals surface area contributed by atoms with Crippen molar-refractivity contribution in [2.24, 2.45) is 0 Å². The van der Waals surface area contributed by atoms with Gasteiger partial charge in [-0.1, -0.05) is 0 Å². The van der Waals surface area contributed by atoms with Crippen LogP contribution in [0.25, 0.3) is 0 Å². The molecule has 1 N–H and O–H groups in total. The number of halogens is 3. The zero-order valence-corrected chi connectivity index (χ0v) is 9.29. The molecule has 6 heteroatoms. The lowest BCUT2D eigenvalue weighted by atomic mass is 10.1. The van der Waals surface area contributed by atoms with Gasteiger partial charge in [-0.25, -0.2) is 0 Å². The summed E-state index contributed by atoms with van der Waals surface area (Å²) in [5.41, 5.74) is -0.455. The maximum absolute atomic E-state index is 12.4. The third-order valence-corrected chi connectivity index (χ3v) is 2.78. The number of hydrogen-bond donors (Lipinski definition) is 1. The summed E-state index contributed by atoms with van der Waals surface area (Å²) in [6.07, 6.45) is -2.44. The molecular formula is C11H13F3N2O. The molecule has 1 fully saturated rings. The van der Waals surface area contributed by atoms with Crippen LogP contribution in [0.3, 0.4) is 0 Å². The Morgan fingerprint density at radius 3 is 2.82 bits per heavy atom. The van der Waals surface area contributed by atoms with E-state index < -0.39 is 11.9 Å². The number of nitrogens with zero attached hydrogens (tertiary/aromatic N) is 1. The van der Waals surface area contributed by atoms with Crippen LogP contribution in [0.15, 0.2) is 18.3 Å². The molecule has 1 aliphatic heterocycles. The second-order valence-electron chi connectivity index (χ2n) is 4.04. The molecule has 0 bridgehead atoms. The van der Waals surface area contributed by atoms with E-state index in [1.54, 1.807) is 0 Å². The minimum atomic E-state index is -4.41. The molecule has 2 heterocycles.